The molecule has 0 spiro atoms. The summed E-state index contributed by atoms with van der Waals surface area (Å²) in [6.07, 6.45) is 5.64. The molecule has 0 atom stereocenters. The fourth-order valence-electron chi connectivity index (χ4n) is 2.37. The third-order valence-corrected chi connectivity index (χ3v) is 3.46. The van der Waals surface area contributed by atoms with E-state index in [9.17, 15) is 0 Å². The maximum absolute atomic E-state index is 5.28. The number of aryl methyl sites for hydroxylation is 1. The second-order valence-corrected chi connectivity index (χ2v) is 5.15. The molecule has 0 aliphatic carbocycles. The van der Waals surface area contributed by atoms with E-state index < -0.39 is 0 Å². The Morgan fingerprint density at radius 1 is 1.25 bits per heavy atom. The molecule has 0 fully saturated rings. The second-order valence-electron chi connectivity index (χ2n) is 4.73. The molecule has 0 amide bonds. The van der Waals surface area contributed by atoms with Crippen LogP contribution >= 0.6 is 12.2 Å². The summed E-state index contributed by atoms with van der Waals surface area (Å²) in [5.41, 5.74) is 2.15. The van der Waals surface area contributed by atoms with Gasteiger partial charge in [0.05, 0.1) is 5.69 Å². The van der Waals surface area contributed by atoms with Crippen molar-refractivity contribution in [3.05, 3.63) is 53.2 Å². The number of rotatable bonds is 3. The Morgan fingerprint density at radius 2 is 2.15 bits per heavy atom. The van der Waals surface area contributed by atoms with Gasteiger partial charge in [-0.2, -0.15) is 0 Å². The van der Waals surface area contributed by atoms with Crippen LogP contribution in [0.3, 0.4) is 0 Å². The molecule has 20 heavy (non-hydrogen) atoms. The first-order valence-electron chi connectivity index (χ1n) is 6.71. The maximum Gasteiger partial charge on any atom is 0.130 e. The second kappa shape index (κ2) is 5.51. The molecule has 2 heterocycles. The van der Waals surface area contributed by atoms with Crippen LogP contribution in [0.2, 0.25) is 0 Å². The molecule has 0 unspecified atom stereocenters. The summed E-state index contributed by atoms with van der Waals surface area (Å²) in [6.45, 7) is 2.13. The van der Waals surface area contributed by atoms with Crippen LogP contribution in [0.5, 0.6) is 0 Å². The summed E-state index contributed by atoms with van der Waals surface area (Å²) < 4.78 is 0.633. The number of fused-ring (bicyclic) bond motifs is 1. The quantitative estimate of drug-likeness (QED) is 0.727. The van der Waals surface area contributed by atoms with Crippen LogP contribution < -0.4 is 0 Å². The van der Waals surface area contributed by atoms with E-state index in [0.717, 1.165) is 35.3 Å². The lowest BCUT2D eigenvalue weighted by atomic mass is 10.0. The predicted octanol–water partition coefficient (Wildman–Crippen LogP) is 4.31. The normalized spacial score (nSPS) is 10.8. The number of hydrogen-bond acceptors (Lipinski definition) is 3. The van der Waals surface area contributed by atoms with Gasteiger partial charge in [-0.25, -0.2) is 4.98 Å². The van der Waals surface area contributed by atoms with Gasteiger partial charge < -0.3 is 4.98 Å². The molecule has 0 aliphatic heterocycles. The van der Waals surface area contributed by atoms with E-state index in [1.54, 1.807) is 0 Å². The lowest BCUT2D eigenvalue weighted by Gasteiger charge is -2.08. The van der Waals surface area contributed by atoms with Gasteiger partial charge in [0.15, 0.2) is 0 Å². The van der Waals surface area contributed by atoms with Crippen molar-refractivity contribution in [2.75, 3.05) is 0 Å². The first-order valence-corrected chi connectivity index (χ1v) is 7.12. The van der Waals surface area contributed by atoms with Gasteiger partial charge in [0, 0.05) is 29.8 Å². The van der Waals surface area contributed by atoms with Gasteiger partial charge in [0.2, 0.25) is 0 Å². The first-order chi connectivity index (χ1) is 9.78. The molecular weight excluding hydrogens is 266 g/mol. The molecule has 3 nitrogen and oxygen atoms in total. The molecule has 0 saturated carbocycles. The minimum Gasteiger partial charge on any atom is -0.343 e. The van der Waals surface area contributed by atoms with Gasteiger partial charge in [-0.15, -0.1) is 0 Å². The van der Waals surface area contributed by atoms with E-state index in [1.807, 2.05) is 30.6 Å². The highest BCUT2D eigenvalue weighted by atomic mass is 32.1. The molecule has 0 saturated heterocycles. The number of benzene rings is 1. The number of hydrogen-bond donors (Lipinski definition) is 1. The number of aromatic amines is 1. The van der Waals surface area contributed by atoms with Gasteiger partial charge in [0.25, 0.3) is 0 Å². The predicted molar refractivity (Wildman–Crippen MR) is 84.2 cm³/mol. The van der Waals surface area contributed by atoms with Crippen molar-refractivity contribution < 1.29 is 0 Å². The molecule has 3 aromatic rings. The van der Waals surface area contributed by atoms with Crippen LogP contribution in [0, 0.1) is 4.64 Å². The van der Waals surface area contributed by atoms with Crippen LogP contribution in [0.15, 0.2) is 42.7 Å². The number of H-pyrrole nitrogens is 1. The van der Waals surface area contributed by atoms with E-state index in [1.165, 1.54) is 5.39 Å². The van der Waals surface area contributed by atoms with Crippen LogP contribution in [-0.4, -0.2) is 15.0 Å². The van der Waals surface area contributed by atoms with Crippen LogP contribution in [0.4, 0.5) is 0 Å². The third-order valence-electron chi connectivity index (χ3n) is 3.25. The van der Waals surface area contributed by atoms with Gasteiger partial charge in [-0.3, -0.25) is 4.98 Å². The van der Waals surface area contributed by atoms with Crippen molar-refractivity contribution in [3.8, 4) is 11.3 Å². The van der Waals surface area contributed by atoms with Crippen LogP contribution in [0.25, 0.3) is 22.0 Å². The van der Waals surface area contributed by atoms with Gasteiger partial charge in [0.1, 0.15) is 10.5 Å². The fraction of sp³-hybridized carbons (Fsp3) is 0.188. The maximum atomic E-state index is 5.28. The Hall–Kier alpha value is -2.07. The molecule has 1 aromatic carbocycles. The molecule has 2 aromatic heterocycles. The Balaban J connectivity index is 2.23. The van der Waals surface area contributed by atoms with E-state index in [4.69, 9.17) is 12.2 Å². The number of nitrogens with zero attached hydrogens (tertiary/aromatic N) is 2. The molecule has 100 valence electrons. The summed E-state index contributed by atoms with van der Waals surface area (Å²) in [4.78, 5) is 11.9. The summed E-state index contributed by atoms with van der Waals surface area (Å²) in [5.74, 6) is 0.945. The summed E-state index contributed by atoms with van der Waals surface area (Å²) in [5, 5.41) is 2.29. The lowest BCUT2D eigenvalue weighted by molar-refractivity contribution is 0.833. The van der Waals surface area contributed by atoms with Gasteiger partial charge >= 0.3 is 0 Å². The lowest BCUT2D eigenvalue weighted by Crippen LogP contribution is -1.97. The van der Waals surface area contributed by atoms with E-state index >= 15 is 0 Å². The SMILES string of the molecule is CCCc1nc(=S)cc(-c2cccc3cnccc23)[nH]1. The first kappa shape index (κ1) is 12.9. The molecule has 3 rings (SSSR count). The van der Waals surface area contributed by atoms with Crippen molar-refractivity contribution in [2.24, 2.45) is 0 Å². The van der Waals surface area contributed by atoms with E-state index in [0.29, 0.717) is 4.64 Å². The smallest absolute Gasteiger partial charge is 0.130 e. The molecular formula is C16H15N3S. The average molecular weight is 281 g/mol. The van der Waals surface area contributed by atoms with Crippen LogP contribution in [-0.2, 0) is 6.42 Å². The third kappa shape index (κ3) is 2.47. The highest BCUT2D eigenvalue weighted by Gasteiger charge is 2.06. The molecule has 0 radical (unpaired) electrons. The number of pyridine rings is 1. The number of nitrogens with one attached hydrogen (secondary N) is 1. The van der Waals surface area contributed by atoms with Gasteiger partial charge in [-0.1, -0.05) is 37.3 Å². The highest BCUT2D eigenvalue weighted by Crippen LogP contribution is 2.26. The van der Waals surface area contributed by atoms with Gasteiger partial charge in [-0.05, 0) is 23.9 Å². The summed E-state index contributed by atoms with van der Waals surface area (Å²) >= 11 is 5.28. The summed E-state index contributed by atoms with van der Waals surface area (Å²) in [7, 11) is 0. The Kier molecular flexibility index (Phi) is 3.56. The van der Waals surface area contributed by atoms with Crippen molar-refractivity contribution in [2.45, 2.75) is 19.8 Å². The standard InChI is InChI=1S/C16H15N3S/c1-2-4-15-18-14(9-16(20)19-15)13-6-3-5-11-10-17-8-7-12(11)13/h3,5-10H,2,4H2,1H3,(H,18,19,20). The van der Waals surface area contributed by atoms with E-state index in [2.05, 4.69) is 34.0 Å². The fourth-order valence-corrected chi connectivity index (χ4v) is 2.59. The zero-order valence-electron chi connectivity index (χ0n) is 11.3. The Labute approximate surface area is 122 Å². The average Bonchev–Trinajstić information content (AvgIpc) is 2.46. The zero-order valence-corrected chi connectivity index (χ0v) is 12.1. The minimum absolute atomic E-state index is 0.633. The molecule has 4 heteroatoms. The monoisotopic (exact) mass is 281 g/mol. The van der Waals surface area contributed by atoms with Crippen molar-refractivity contribution in [1.29, 1.82) is 0 Å². The van der Waals surface area contributed by atoms with Crippen molar-refractivity contribution in [1.82, 2.24) is 15.0 Å². The Bertz CT molecular complexity index is 803. The van der Waals surface area contributed by atoms with E-state index in [-0.39, 0.29) is 0 Å². The molecule has 0 bridgehead atoms. The van der Waals surface area contributed by atoms with Crippen LogP contribution in [0.1, 0.15) is 19.2 Å². The largest absolute Gasteiger partial charge is 0.343 e. The minimum atomic E-state index is 0.633. The highest BCUT2D eigenvalue weighted by molar-refractivity contribution is 7.71. The Morgan fingerprint density at radius 3 is 3.00 bits per heavy atom. The van der Waals surface area contributed by atoms with Crippen molar-refractivity contribution >= 4 is 23.0 Å². The molecule has 0 aliphatic rings. The number of aromatic nitrogens is 3. The topological polar surface area (TPSA) is 41.6 Å². The zero-order chi connectivity index (χ0) is 13.9. The van der Waals surface area contributed by atoms with Crippen molar-refractivity contribution in [3.63, 3.8) is 0 Å². The summed E-state index contributed by atoms with van der Waals surface area (Å²) in [6, 6.07) is 10.1. The molecule has 1 N–H and O–H groups in total.